The Hall–Kier alpha value is -5.32. The topological polar surface area (TPSA) is 126 Å². The van der Waals surface area contributed by atoms with Crippen molar-refractivity contribution in [3.63, 3.8) is 0 Å². The second-order valence-corrected chi connectivity index (χ2v) is 10.5. The van der Waals surface area contributed by atoms with Crippen LogP contribution in [-0.2, 0) is 59.4 Å². The molecule has 0 aliphatic carbocycles. The second-order valence-electron chi connectivity index (χ2n) is 10.5. The van der Waals surface area contributed by atoms with Crippen LogP contribution in [0.15, 0.2) is 109 Å². The molecule has 0 aliphatic heterocycles. The molecule has 1 unspecified atom stereocenters. The Balaban J connectivity index is 1.17. The van der Waals surface area contributed by atoms with E-state index in [2.05, 4.69) is 5.32 Å². The van der Waals surface area contributed by atoms with E-state index in [-0.39, 0.29) is 32.0 Å². The van der Waals surface area contributed by atoms with Gasteiger partial charge in [0.2, 0.25) is 5.91 Å². The lowest BCUT2D eigenvalue weighted by Crippen LogP contribution is -2.43. The van der Waals surface area contributed by atoms with E-state index in [0.29, 0.717) is 31.1 Å². The maximum absolute atomic E-state index is 12.7. The first-order valence-corrected chi connectivity index (χ1v) is 15.1. The van der Waals surface area contributed by atoms with Gasteiger partial charge in [0.15, 0.2) is 0 Å². The highest BCUT2D eigenvalue weighted by Gasteiger charge is 2.22. The number of hydrogen-bond donors (Lipinski definition) is 1. The Morgan fingerprint density at radius 2 is 1.06 bits per heavy atom. The molecule has 0 aromatic heterocycles. The fourth-order valence-electron chi connectivity index (χ4n) is 4.49. The van der Waals surface area contributed by atoms with E-state index in [1.54, 1.807) is 48.5 Å². The van der Waals surface area contributed by atoms with E-state index in [1.807, 2.05) is 60.7 Å². The van der Waals surface area contributed by atoms with Gasteiger partial charge in [0, 0.05) is 12.8 Å². The van der Waals surface area contributed by atoms with Crippen LogP contribution in [0.3, 0.4) is 0 Å². The minimum Gasteiger partial charge on any atom is -0.467 e. The molecule has 47 heavy (non-hydrogen) atoms. The lowest BCUT2D eigenvalue weighted by atomic mass is 10.0. The molecular formula is C37H37NO9. The maximum atomic E-state index is 12.7. The Morgan fingerprint density at radius 1 is 0.596 bits per heavy atom. The van der Waals surface area contributed by atoms with E-state index < -0.39 is 23.9 Å². The van der Waals surface area contributed by atoms with Gasteiger partial charge >= 0.3 is 17.9 Å². The van der Waals surface area contributed by atoms with Crippen molar-refractivity contribution in [3.8, 4) is 11.5 Å². The molecule has 0 aliphatic rings. The fourth-order valence-corrected chi connectivity index (χ4v) is 4.49. The average Bonchev–Trinajstić information content (AvgIpc) is 3.09. The summed E-state index contributed by atoms with van der Waals surface area (Å²) in [4.78, 5) is 49.4. The van der Waals surface area contributed by atoms with Crippen molar-refractivity contribution in [2.45, 2.75) is 38.5 Å². The van der Waals surface area contributed by atoms with Crippen molar-refractivity contribution in [1.29, 1.82) is 0 Å². The molecule has 0 radical (unpaired) electrons. The number of carbonyl (C=O) groups excluding carboxylic acids is 4. The minimum atomic E-state index is -0.904. The normalized spacial score (nSPS) is 11.3. The highest BCUT2D eigenvalue weighted by Crippen LogP contribution is 2.16. The molecule has 0 spiro atoms. The van der Waals surface area contributed by atoms with Gasteiger partial charge in [-0.2, -0.15) is 0 Å². The lowest BCUT2D eigenvalue weighted by molar-refractivity contribution is -0.145. The van der Waals surface area contributed by atoms with E-state index in [4.69, 9.17) is 23.7 Å². The van der Waals surface area contributed by atoms with Crippen molar-refractivity contribution in [2.24, 2.45) is 0 Å². The van der Waals surface area contributed by atoms with Crippen molar-refractivity contribution in [2.75, 3.05) is 20.3 Å². The highest BCUT2D eigenvalue weighted by molar-refractivity contribution is 5.84. The summed E-state index contributed by atoms with van der Waals surface area (Å²) in [5.41, 5.74) is 3.50. The SMILES string of the molecule is COC(=O)C(Cc1ccc(OC(=O)COCc2ccccc2)cc1)NC(=O)CCc1ccc(OC(=O)COCc2ccccc2)cc1. The number of hydrogen-bond acceptors (Lipinski definition) is 9. The number of methoxy groups -OCH3 is 1. The van der Waals surface area contributed by atoms with Crippen LogP contribution in [0.4, 0.5) is 0 Å². The number of aryl methyl sites for hydroxylation is 1. The summed E-state index contributed by atoms with van der Waals surface area (Å²) in [6.07, 6.45) is 0.715. The number of nitrogens with one attached hydrogen (secondary N) is 1. The van der Waals surface area contributed by atoms with Crippen LogP contribution in [0.1, 0.15) is 28.7 Å². The number of ether oxygens (including phenoxy) is 5. The zero-order chi connectivity index (χ0) is 33.3. The van der Waals surface area contributed by atoms with E-state index in [1.165, 1.54) is 7.11 Å². The summed E-state index contributed by atoms with van der Waals surface area (Å²) >= 11 is 0. The summed E-state index contributed by atoms with van der Waals surface area (Å²) in [5, 5.41) is 2.74. The number of esters is 3. The standard InChI is InChI=1S/C37H37NO9/c1-43-37(42)33(22-28-14-19-32(20-15-28)47-36(41)26-45-24-30-10-6-3-7-11-30)38-34(39)21-16-27-12-17-31(18-13-27)46-35(40)25-44-23-29-8-4-2-5-9-29/h2-15,17-20,33H,16,21-26H2,1H3,(H,38,39). The quantitative estimate of drug-likeness (QED) is 0.129. The monoisotopic (exact) mass is 639 g/mol. The molecule has 0 heterocycles. The van der Waals surface area contributed by atoms with Crippen LogP contribution < -0.4 is 14.8 Å². The summed E-state index contributed by atoms with van der Waals surface area (Å²) in [5.74, 6) is -1.25. The Morgan fingerprint density at radius 3 is 1.53 bits per heavy atom. The molecule has 4 aromatic rings. The summed E-state index contributed by atoms with van der Waals surface area (Å²) < 4.78 is 26.3. The van der Waals surface area contributed by atoms with Gasteiger partial charge in [-0.15, -0.1) is 0 Å². The van der Waals surface area contributed by atoms with Gasteiger partial charge in [-0.25, -0.2) is 14.4 Å². The first-order chi connectivity index (χ1) is 22.9. The van der Waals surface area contributed by atoms with Crippen molar-refractivity contribution in [1.82, 2.24) is 5.32 Å². The molecule has 1 N–H and O–H groups in total. The van der Waals surface area contributed by atoms with Gasteiger partial charge in [-0.3, -0.25) is 4.79 Å². The van der Waals surface area contributed by atoms with Gasteiger partial charge in [0.25, 0.3) is 0 Å². The third-order valence-corrected chi connectivity index (χ3v) is 6.87. The van der Waals surface area contributed by atoms with E-state index >= 15 is 0 Å². The molecule has 4 rings (SSSR count). The number of rotatable bonds is 17. The van der Waals surface area contributed by atoms with Crippen LogP contribution in [0.25, 0.3) is 0 Å². The van der Waals surface area contributed by atoms with Crippen LogP contribution in [0.5, 0.6) is 11.5 Å². The van der Waals surface area contributed by atoms with Gasteiger partial charge in [-0.1, -0.05) is 84.9 Å². The first kappa shape index (κ1) is 34.6. The van der Waals surface area contributed by atoms with Crippen LogP contribution >= 0.6 is 0 Å². The third kappa shape index (κ3) is 12.5. The van der Waals surface area contributed by atoms with Gasteiger partial charge in [0.05, 0.1) is 20.3 Å². The lowest BCUT2D eigenvalue weighted by Gasteiger charge is -2.17. The van der Waals surface area contributed by atoms with Crippen LogP contribution in [0, 0.1) is 0 Å². The van der Waals surface area contributed by atoms with Crippen molar-refractivity contribution < 1.29 is 42.9 Å². The predicted octanol–water partition coefficient (Wildman–Crippen LogP) is 4.76. The largest absolute Gasteiger partial charge is 0.467 e. The maximum Gasteiger partial charge on any atom is 0.337 e. The minimum absolute atomic E-state index is 0.126. The Bertz CT molecular complexity index is 1570. The molecule has 4 aromatic carbocycles. The fraction of sp³-hybridized carbons (Fsp3) is 0.243. The molecule has 0 saturated carbocycles. The van der Waals surface area contributed by atoms with Gasteiger partial charge in [0.1, 0.15) is 30.8 Å². The molecule has 0 bridgehead atoms. The molecule has 244 valence electrons. The Labute approximate surface area is 273 Å². The van der Waals surface area contributed by atoms with Crippen molar-refractivity contribution in [3.05, 3.63) is 131 Å². The first-order valence-electron chi connectivity index (χ1n) is 15.1. The van der Waals surface area contributed by atoms with E-state index in [0.717, 1.165) is 22.3 Å². The predicted molar refractivity (Wildman–Crippen MR) is 172 cm³/mol. The zero-order valence-electron chi connectivity index (χ0n) is 26.1. The van der Waals surface area contributed by atoms with Gasteiger partial charge < -0.3 is 29.0 Å². The molecule has 10 heteroatoms. The number of benzene rings is 4. The summed E-state index contributed by atoms with van der Waals surface area (Å²) in [7, 11) is 1.26. The molecule has 0 fully saturated rings. The van der Waals surface area contributed by atoms with Gasteiger partial charge in [-0.05, 0) is 52.9 Å². The van der Waals surface area contributed by atoms with Crippen molar-refractivity contribution >= 4 is 23.8 Å². The number of amides is 1. The van der Waals surface area contributed by atoms with Crippen LogP contribution in [0.2, 0.25) is 0 Å². The molecule has 1 atom stereocenters. The average molecular weight is 640 g/mol. The summed E-state index contributed by atoms with van der Waals surface area (Å²) in [6, 6.07) is 31.6. The second kappa shape index (κ2) is 18.6. The third-order valence-electron chi connectivity index (χ3n) is 6.87. The Kier molecular flexibility index (Phi) is 13.7. The summed E-state index contributed by atoms with van der Waals surface area (Å²) in [6.45, 7) is 0.228. The zero-order valence-corrected chi connectivity index (χ0v) is 26.1. The molecule has 0 saturated heterocycles. The smallest absolute Gasteiger partial charge is 0.337 e. The molecular weight excluding hydrogens is 602 g/mol. The molecule has 10 nitrogen and oxygen atoms in total. The highest BCUT2D eigenvalue weighted by atomic mass is 16.6. The number of carbonyl (C=O) groups is 4. The van der Waals surface area contributed by atoms with Crippen LogP contribution in [-0.4, -0.2) is 50.2 Å². The molecule has 1 amide bonds. The van der Waals surface area contributed by atoms with E-state index in [9.17, 15) is 19.2 Å².